The Kier molecular flexibility index (Phi) is 4.37. The number of amidine groups is 1. The number of aromatic nitrogens is 1. The van der Waals surface area contributed by atoms with Crippen LogP contribution in [0.3, 0.4) is 0 Å². The number of pyridine rings is 1. The van der Waals surface area contributed by atoms with Crippen LogP contribution in [0.2, 0.25) is 0 Å². The Hall–Kier alpha value is -2.69. The van der Waals surface area contributed by atoms with E-state index in [9.17, 15) is 4.79 Å². The zero-order valence-electron chi connectivity index (χ0n) is 13.0. The van der Waals surface area contributed by atoms with E-state index in [1.54, 1.807) is 13.1 Å². The molecule has 0 radical (unpaired) electrons. The van der Waals surface area contributed by atoms with Gasteiger partial charge in [0, 0.05) is 18.2 Å². The number of fused-ring (bicyclic) bond motifs is 1. The lowest BCUT2D eigenvalue weighted by Gasteiger charge is -2.13. The zero-order chi connectivity index (χ0) is 16.2. The van der Waals surface area contributed by atoms with Gasteiger partial charge in [0.05, 0.1) is 23.9 Å². The molecule has 3 rings (SSSR count). The summed E-state index contributed by atoms with van der Waals surface area (Å²) in [6.45, 7) is 2.18. The van der Waals surface area contributed by atoms with Crippen molar-refractivity contribution in [1.29, 1.82) is 0 Å². The molecule has 0 fully saturated rings. The molecule has 23 heavy (non-hydrogen) atoms. The van der Waals surface area contributed by atoms with Crippen LogP contribution in [-0.4, -0.2) is 23.4 Å². The first-order valence-electron chi connectivity index (χ1n) is 7.71. The van der Waals surface area contributed by atoms with E-state index >= 15 is 0 Å². The summed E-state index contributed by atoms with van der Waals surface area (Å²) in [5.41, 5.74) is 9.66. The van der Waals surface area contributed by atoms with E-state index in [0.29, 0.717) is 25.3 Å². The number of nitrogens with zero attached hydrogens (tertiary/aromatic N) is 2. The number of carbonyl (C=O) groups excluding carboxylic acids is 1. The number of hydrogen-bond donors (Lipinski definition) is 1. The molecule has 5 nitrogen and oxygen atoms in total. The first-order chi connectivity index (χ1) is 11.2. The third-order valence-electron chi connectivity index (χ3n) is 3.85. The molecule has 118 valence electrons. The molecule has 0 aliphatic carbocycles. The van der Waals surface area contributed by atoms with E-state index in [1.807, 2.05) is 36.4 Å². The van der Waals surface area contributed by atoms with E-state index in [0.717, 1.165) is 22.5 Å². The van der Waals surface area contributed by atoms with Gasteiger partial charge in [-0.3, -0.25) is 9.78 Å². The van der Waals surface area contributed by atoms with Crippen molar-refractivity contribution in [2.24, 2.45) is 16.6 Å². The number of aliphatic imine (C=N–C) groups is 1. The summed E-state index contributed by atoms with van der Waals surface area (Å²) in [5, 5.41) is 0. The Morgan fingerprint density at radius 1 is 1.30 bits per heavy atom. The second-order valence-electron chi connectivity index (χ2n) is 5.52. The molecule has 1 aromatic carbocycles. The Labute approximate surface area is 135 Å². The van der Waals surface area contributed by atoms with Crippen LogP contribution in [0.25, 0.3) is 11.3 Å². The molecule has 1 aliphatic heterocycles. The average molecular weight is 309 g/mol. The standard InChI is InChI=1S/C18H19N3O2/c1-2-23-18(22)14-9-12-6-7-13(15-5-3-4-8-20-15)10-16(12)21-17(19)11-14/h3-8,10,14H,2,9,11H2,1H3,(H2,19,21). The van der Waals surface area contributed by atoms with Gasteiger partial charge in [0.1, 0.15) is 5.84 Å². The minimum atomic E-state index is -0.277. The lowest BCUT2D eigenvalue weighted by Crippen LogP contribution is -2.25. The van der Waals surface area contributed by atoms with Gasteiger partial charge in [0.15, 0.2) is 0 Å². The lowest BCUT2D eigenvalue weighted by molar-refractivity contribution is -0.147. The molecule has 1 aliphatic rings. The number of ether oxygens (including phenoxy) is 1. The Bertz CT molecular complexity index is 741. The number of rotatable bonds is 3. The SMILES string of the molecule is CCOC(=O)C1CC(N)=Nc2cc(-c3ccccn3)ccc2C1. The van der Waals surface area contributed by atoms with Crippen LogP contribution in [0.4, 0.5) is 5.69 Å². The molecule has 0 spiro atoms. The molecule has 1 aromatic heterocycles. The Balaban J connectivity index is 1.94. The predicted octanol–water partition coefficient (Wildman–Crippen LogP) is 2.86. The van der Waals surface area contributed by atoms with Gasteiger partial charge >= 0.3 is 5.97 Å². The molecule has 5 heteroatoms. The summed E-state index contributed by atoms with van der Waals surface area (Å²) in [6, 6.07) is 11.7. The van der Waals surface area contributed by atoms with E-state index < -0.39 is 0 Å². The number of benzene rings is 1. The van der Waals surface area contributed by atoms with Crippen LogP contribution in [0.15, 0.2) is 47.6 Å². The van der Waals surface area contributed by atoms with Crippen LogP contribution < -0.4 is 5.73 Å². The lowest BCUT2D eigenvalue weighted by atomic mass is 9.95. The summed E-state index contributed by atoms with van der Waals surface area (Å²) in [5.74, 6) is -0.0343. The molecule has 0 amide bonds. The molecule has 2 heterocycles. The van der Waals surface area contributed by atoms with Gasteiger partial charge in [-0.1, -0.05) is 18.2 Å². The summed E-state index contributed by atoms with van der Waals surface area (Å²) in [4.78, 5) is 20.9. The molecule has 0 bridgehead atoms. The van der Waals surface area contributed by atoms with Crippen molar-refractivity contribution in [2.45, 2.75) is 19.8 Å². The molecule has 0 saturated heterocycles. The van der Waals surface area contributed by atoms with Crippen molar-refractivity contribution in [1.82, 2.24) is 4.98 Å². The maximum absolute atomic E-state index is 12.1. The predicted molar refractivity (Wildman–Crippen MR) is 89.4 cm³/mol. The molecule has 2 N–H and O–H groups in total. The van der Waals surface area contributed by atoms with Crippen molar-refractivity contribution >= 4 is 17.5 Å². The van der Waals surface area contributed by atoms with E-state index in [-0.39, 0.29) is 11.9 Å². The highest BCUT2D eigenvalue weighted by Gasteiger charge is 2.25. The van der Waals surface area contributed by atoms with Gasteiger partial charge in [-0.15, -0.1) is 0 Å². The first kappa shape index (κ1) is 15.2. The van der Waals surface area contributed by atoms with Gasteiger partial charge in [-0.05, 0) is 37.1 Å². The van der Waals surface area contributed by atoms with Crippen LogP contribution in [0.5, 0.6) is 0 Å². The number of carbonyl (C=O) groups is 1. The molecule has 1 unspecified atom stereocenters. The number of esters is 1. The smallest absolute Gasteiger partial charge is 0.309 e. The van der Waals surface area contributed by atoms with E-state index in [4.69, 9.17) is 10.5 Å². The topological polar surface area (TPSA) is 77.6 Å². The first-order valence-corrected chi connectivity index (χ1v) is 7.71. The monoisotopic (exact) mass is 309 g/mol. The maximum Gasteiger partial charge on any atom is 0.309 e. The van der Waals surface area contributed by atoms with Gasteiger partial charge in [0.25, 0.3) is 0 Å². The van der Waals surface area contributed by atoms with Gasteiger partial charge in [0.2, 0.25) is 0 Å². The molecule has 0 saturated carbocycles. The van der Waals surface area contributed by atoms with Crippen LogP contribution in [0, 0.1) is 5.92 Å². The second kappa shape index (κ2) is 6.60. The third-order valence-corrected chi connectivity index (χ3v) is 3.85. The van der Waals surface area contributed by atoms with Gasteiger partial charge in [-0.25, -0.2) is 4.99 Å². The summed E-state index contributed by atoms with van der Waals surface area (Å²) in [6.07, 6.45) is 2.77. The van der Waals surface area contributed by atoms with Crippen molar-refractivity contribution in [3.05, 3.63) is 48.2 Å². The molecular formula is C18H19N3O2. The Morgan fingerprint density at radius 3 is 2.91 bits per heavy atom. The molecule has 2 aromatic rings. The minimum Gasteiger partial charge on any atom is -0.466 e. The normalized spacial score (nSPS) is 16.9. The van der Waals surface area contributed by atoms with Gasteiger partial charge < -0.3 is 10.5 Å². The average Bonchev–Trinajstić information content (AvgIpc) is 2.73. The summed E-state index contributed by atoms with van der Waals surface area (Å²) < 4.78 is 5.13. The van der Waals surface area contributed by atoms with Crippen molar-refractivity contribution < 1.29 is 9.53 Å². The largest absolute Gasteiger partial charge is 0.466 e. The zero-order valence-corrected chi connectivity index (χ0v) is 13.0. The highest BCUT2D eigenvalue weighted by Crippen LogP contribution is 2.31. The van der Waals surface area contributed by atoms with Crippen molar-refractivity contribution in [3.8, 4) is 11.3 Å². The number of nitrogens with two attached hydrogens (primary N) is 1. The fraction of sp³-hybridized carbons (Fsp3) is 0.278. The highest BCUT2D eigenvalue weighted by atomic mass is 16.5. The van der Waals surface area contributed by atoms with Crippen molar-refractivity contribution in [3.63, 3.8) is 0 Å². The fourth-order valence-electron chi connectivity index (χ4n) is 2.75. The molecular weight excluding hydrogens is 290 g/mol. The number of hydrogen-bond acceptors (Lipinski definition) is 5. The van der Waals surface area contributed by atoms with Crippen LogP contribution >= 0.6 is 0 Å². The third kappa shape index (κ3) is 3.39. The van der Waals surface area contributed by atoms with Crippen LogP contribution in [0.1, 0.15) is 18.9 Å². The maximum atomic E-state index is 12.1. The molecule has 1 atom stereocenters. The Morgan fingerprint density at radius 2 is 2.17 bits per heavy atom. The fourth-order valence-corrected chi connectivity index (χ4v) is 2.75. The second-order valence-corrected chi connectivity index (χ2v) is 5.52. The summed E-state index contributed by atoms with van der Waals surface area (Å²) in [7, 11) is 0. The van der Waals surface area contributed by atoms with Crippen LogP contribution in [-0.2, 0) is 16.0 Å². The summed E-state index contributed by atoms with van der Waals surface area (Å²) >= 11 is 0. The van der Waals surface area contributed by atoms with Crippen molar-refractivity contribution in [2.75, 3.05) is 6.61 Å². The van der Waals surface area contributed by atoms with E-state index in [1.165, 1.54) is 0 Å². The minimum absolute atomic E-state index is 0.215. The quantitative estimate of drug-likeness (QED) is 0.884. The highest BCUT2D eigenvalue weighted by molar-refractivity contribution is 5.89. The van der Waals surface area contributed by atoms with Gasteiger partial charge in [-0.2, -0.15) is 0 Å². The van der Waals surface area contributed by atoms with E-state index in [2.05, 4.69) is 9.98 Å².